The predicted molar refractivity (Wildman–Crippen MR) is 80.4 cm³/mol. The Morgan fingerprint density at radius 3 is 2.43 bits per heavy atom. The highest BCUT2D eigenvalue weighted by Gasteiger charge is 2.51. The first-order chi connectivity index (χ1) is 10.3. The van der Waals surface area contributed by atoms with Gasteiger partial charge in [0.1, 0.15) is 5.54 Å². The molecule has 5 nitrogen and oxygen atoms in total. The van der Waals surface area contributed by atoms with Crippen LogP contribution in [0, 0.1) is 23.2 Å². The average molecular weight is 281 g/mol. The molecule has 21 heavy (non-hydrogen) atoms. The fourth-order valence-corrected chi connectivity index (χ4v) is 4.07. The predicted octanol–water partition coefficient (Wildman–Crippen LogP) is 2.97. The van der Waals surface area contributed by atoms with Crippen molar-refractivity contribution in [1.29, 1.82) is 5.26 Å². The topological polar surface area (TPSA) is 84.6 Å². The molecule has 5 heteroatoms. The first kappa shape index (κ1) is 13.9. The van der Waals surface area contributed by atoms with E-state index in [0.29, 0.717) is 24.9 Å². The van der Waals surface area contributed by atoms with Crippen molar-refractivity contribution >= 4 is 0 Å². The minimum atomic E-state index is -0.468. The molecule has 1 saturated carbocycles. The standard InChI is InChI=1S/C16H19N5/c17-11-16(19-7-8-20-21-18)14-5-6-15(16)10-13-4-2-1-3-12(13)9-14/h1-4,14-15,19H,5-10H2. The van der Waals surface area contributed by atoms with Crippen LogP contribution in [0.5, 0.6) is 0 Å². The number of nitrogens with one attached hydrogen (secondary N) is 1. The Labute approximate surface area is 124 Å². The molecule has 1 aromatic rings. The minimum absolute atomic E-state index is 0.349. The summed E-state index contributed by atoms with van der Waals surface area (Å²) in [6.07, 6.45) is 4.13. The number of rotatable bonds is 4. The molecule has 1 fully saturated rings. The van der Waals surface area contributed by atoms with Crippen LogP contribution in [-0.4, -0.2) is 18.6 Å². The molecule has 0 spiro atoms. The Morgan fingerprint density at radius 1 is 1.29 bits per heavy atom. The summed E-state index contributed by atoms with van der Waals surface area (Å²) in [6.45, 7) is 0.966. The van der Waals surface area contributed by atoms with Crippen LogP contribution in [0.2, 0.25) is 0 Å². The van der Waals surface area contributed by atoms with E-state index in [1.54, 1.807) is 0 Å². The molecule has 2 aliphatic rings. The summed E-state index contributed by atoms with van der Waals surface area (Å²) in [6, 6.07) is 11.1. The lowest BCUT2D eigenvalue weighted by atomic mass is 9.80. The second kappa shape index (κ2) is 5.77. The smallest absolute Gasteiger partial charge is 0.113 e. The first-order valence-electron chi connectivity index (χ1n) is 7.54. The van der Waals surface area contributed by atoms with Gasteiger partial charge in [0.15, 0.2) is 0 Å². The van der Waals surface area contributed by atoms with Gasteiger partial charge in [0, 0.05) is 18.0 Å². The summed E-state index contributed by atoms with van der Waals surface area (Å²) >= 11 is 0. The van der Waals surface area contributed by atoms with Crippen LogP contribution in [-0.2, 0) is 12.8 Å². The molecule has 2 bridgehead atoms. The second-order valence-electron chi connectivity index (χ2n) is 6.01. The van der Waals surface area contributed by atoms with Crippen molar-refractivity contribution < 1.29 is 0 Å². The molecule has 3 rings (SSSR count). The number of hydrogen-bond acceptors (Lipinski definition) is 3. The summed E-state index contributed by atoms with van der Waals surface area (Å²) in [5.74, 6) is 0.699. The van der Waals surface area contributed by atoms with Crippen molar-refractivity contribution in [3.8, 4) is 6.07 Å². The average Bonchev–Trinajstić information content (AvgIpc) is 2.75. The van der Waals surface area contributed by atoms with Crippen LogP contribution >= 0.6 is 0 Å². The van der Waals surface area contributed by atoms with Crippen LogP contribution < -0.4 is 5.32 Å². The molecular formula is C16H19N5. The van der Waals surface area contributed by atoms with Crippen LogP contribution in [0.25, 0.3) is 10.4 Å². The number of fused-ring (bicyclic) bond motifs is 3. The maximum Gasteiger partial charge on any atom is 0.113 e. The van der Waals surface area contributed by atoms with Gasteiger partial charge < -0.3 is 0 Å². The number of hydrogen-bond donors (Lipinski definition) is 1. The largest absolute Gasteiger partial charge is 0.299 e. The van der Waals surface area contributed by atoms with Crippen LogP contribution in [0.4, 0.5) is 0 Å². The van der Waals surface area contributed by atoms with E-state index in [4.69, 9.17) is 5.53 Å². The quantitative estimate of drug-likeness (QED) is 0.398. The molecule has 1 aromatic carbocycles. The van der Waals surface area contributed by atoms with Crippen LogP contribution in [0.15, 0.2) is 29.4 Å². The van der Waals surface area contributed by atoms with Crippen molar-refractivity contribution in [1.82, 2.24) is 5.32 Å². The van der Waals surface area contributed by atoms with Gasteiger partial charge in [-0.25, -0.2) is 0 Å². The molecule has 108 valence electrons. The van der Waals surface area contributed by atoms with Crippen molar-refractivity contribution in [2.45, 2.75) is 31.2 Å². The summed E-state index contributed by atoms with van der Waals surface area (Å²) in [4.78, 5) is 2.77. The molecule has 0 aliphatic heterocycles. The first-order valence-corrected chi connectivity index (χ1v) is 7.54. The fraction of sp³-hybridized carbons (Fsp3) is 0.562. The molecule has 2 atom stereocenters. The highest BCUT2D eigenvalue weighted by Crippen LogP contribution is 2.46. The molecule has 1 N–H and O–H groups in total. The van der Waals surface area contributed by atoms with Crippen LogP contribution in [0.3, 0.4) is 0 Å². The number of nitrogens with zero attached hydrogens (tertiary/aromatic N) is 4. The fourth-order valence-electron chi connectivity index (χ4n) is 4.07. The van der Waals surface area contributed by atoms with Crippen molar-refractivity contribution in [2.24, 2.45) is 17.0 Å². The van der Waals surface area contributed by atoms with E-state index in [0.717, 1.165) is 25.7 Å². The summed E-state index contributed by atoms with van der Waals surface area (Å²) in [5.41, 5.74) is 10.7. The Balaban J connectivity index is 1.86. The normalized spacial score (nSPS) is 29.9. The Hall–Kier alpha value is -2.02. The van der Waals surface area contributed by atoms with E-state index >= 15 is 0 Å². The molecule has 0 saturated heterocycles. The van der Waals surface area contributed by atoms with Gasteiger partial charge in [-0.15, -0.1) is 0 Å². The maximum atomic E-state index is 9.87. The minimum Gasteiger partial charge on any atom is -0.299 e. The van der Waals surface area contributed by atoms with E-state index in [1.165, 1.54) is 11.1 Å². The van der Waals surface area contributed by atoms with Gasteiger partial charge in [-0.3, -0.25) is 5.32 Å². The van der Waals surface area contributed by atoms with Gasteiger partial charge in [-0.1, -0.05) is 29.4 Å². The van der Waals surface area contributed by atoms with Gasteiger partial charge >= 0.3 is 0 Å². The molecule has 0 aromatic heterocycles. The van der Waals surface area contributed by atoms with Crippen molar-refractivity contribution in [3.63, 3.8) is 0 Å². The molecular weight excluding hydrogens is 262 g/mol. The Kier molecular flexibility index (Phi) is 3.83. The van der Waals surface area contributed by atoms with E-state index in [1.807, 2.05) is 0 Å². The number of benzene rings is 1. The lowest BCUT2D eigenvalue weighted by Crippen LogP contribution is -2.53. The number of azide groups is 1. The second-order valence-corrected chi connectivity index (χ2v) is 6.01. The molecule has 0 amide bonds. The summed E-state index contributed by atoms with van der Waals surface area (Å²) < 4.78 is 0. The number of nitriles is 1. The molecule has 0 heterocycles. The highest BCUT2D eigenvalue weighted by atomic mass is 15.1. The molecule has 0 radical (unpaired) electrons. The van der Waals surface area contributed by atoms with E-state index < -0.39 is 5.54 Å². The third-order valence-corrected chi connectivity index (χ3v) is 5.08. The van der Waals surface area contributed by atoms with Crippen LogP contribution in [0.1, 0.15) is 24.0 Å². The zero-order valence-electron chi connectivity index (χ0n) is 12.0. The third kappa shape index (κ3) is 2.37. The zero-order chi connectivity index (χ0) is 14.7. The lowest BCUT2D eigenvalue weighted by Gasteiger charge is -2.33. The molecule has 2 unspecified atom stereocenters. The maximum absolute atomic E-state index is 9.87. The monoisotopic (exact) mass is 281 g/mol. The zero-order valence-corrected chi connectivity index (χ0v) is 12.0. The van der Waals surface area contributed by atoms with Gasteiger partial charge in [0.2, 0.25) is 0 Å². The molecule has 2 aliphatic carbocycles. The van der Waals surface area contributed by atoms with Gasteiger partial charge in [-0.05, 0) is 54.2 Å². The SMILES string of the molecule is N#CC1(NCCN=[N+]=[N-])C2CCC1Cc1ccccc1C2. The van der Waals surface area contributed by atoms with E-state index in [2.05, 4.69) is 45.7 Å². The Morgan fingerprint density at radius 2 is 1.90 bits per heavy atom. The summed E-state index contributed by atoms with van der Waals surface area (Å²) in [7, 11) is 0. The van der Waals surface area contributed by atoms with Crippen molar-refractivity contribution in [3.05, 3.63) is 45.8 Å². The Bertz CT molecular complexity index is 578. The third-order valence-electron chi connectivity index (χ3n) is 5.08. The van der Waals surface area contributed by atoms with Gasteiger partial charge in [0.25, 0.3) is 0 Å². The summed E-state index contributed by atoms with van der Waals surface area (Å²) in [5, 5.41) is 16.9. The van der Waals surface area contributed by atoms with Crippen molar-refractivity contribution in [2.75, 3.05) is 13.1 Å². The van der Waals surface area contributed by atoms with E-state index in [9.17, 15) is 5.26 Å². The highest BCUT2D eigenvalue weighted by molar-refractivity contribution is 5.34. The lowest BCUT2D eigenvalue weighted by molar-refractivity contribution is 0.259. The van der Waals surface area contributed by atoms with Gasteiger partial charge in [-0.2, -0.15) is 5.26 Å². The van der Waals surface area contributed by atoms with Gasteiger partial charge in [0.05, 0.1) is 6.07 Å². The van der Waals surface area contributed by atoms with E-state index in [-0.39, 0.29) is 0 Å².